The van der Waals surface area contributed by atoms with Crippen molar-refractivity contribution in [3.05, 3.63) is 0 Å². The van der Waals surface area contributed by atoms with E-state index in [1.807, 2.05) is 0 Å². The third kappa shape index (κ3) is 60.0. The number of aliphatic hydroxyl groups excluding tert-OH is 1. The molecular weight excluding hydrogens is 749 g/mol. The Bertz CT molecular complexity index is 656. The average Bonchev–Trinajstić information content (AvgIpc) is 3.28. The summed E-state index contributed by atoms with van der Waals surface area (Å²) in [6, 6.07) is 0. The van der Waals surface area contributed by atoms with Crippen LogP contribution in [0.1, 0.15) is 386 Å². The molecule has 0 saturated carbocycles. The monoisotopic (exact) mass is 873 g/mol. The first-order valence-corrected chi connectivity index (χ1v) is 30.5. The highest BCUT2D eigenvalue weighted by atomic mass is 16.2. The number of unbranched alkanes of at least 4 members (excludes halogenated alkanes) is 58. The third-order valence-electron chi connectivity index (χ3n) is 14.8. The Labute approximate surface area is 395 Å². The largest absolute Gasteiger partial charge is 0.396 e. The minimum absolute atomic E-state index is 0.375. The first-order chi connectivity index (χ1) is 30.9. The maximum Gasteiger partial charge on any atom is 0.0431 e. The summed E-state index contributed by atoms with van der Waals surface area (Å²) >= 11 is 0. The number of hydrogen-bond donors (Lipinski definition) is 1. The molecule has 0 aromatic rings. The highest BCUT2D eigenvalue weighted by molar-refractivity contribution is 4.55. The molecule has 374 valence electrons. The molecule has 1 heteroatoms. The second-order valence-corrected chi connectivity index (χ2v) is 21.2. The van der Waals surface area contributed by atoms with Gasteiger partial charge in [-0.1, -0.05) is 379 Å². The maximum absolute atomic E-state index is 8.83. The van der Waals surface area contributed by atoms with Gasteiger partial charge in [0.05, 0.1) is 0 Å². The molecule has 0 bridgehead atoms. The molecule has 0 atom stereocenters. The second kappa shape index (κ2) is 61.0. The van der Waals surface area contributed by atoms with E-state index >= 15 is 0 Å². The Morgan fingerprint density at radius 3 is 0.290 bits per heavy atom. The fourth-order valence-corrected chi connectivity index (χ4v) is 10.3. The summed E-state index contributed by atoms with van der Waals surface area (Å²) in [5.74, 6) is 0. The van der Waals surface area contributed by atoms with Crippen LogP contribution in [-0.2, 0) is 0 Å². The van der Waals surface area contributed by atoms with Crippen LogP contribution in [0.15, 0.2) is 0 Å². The highest BCUT2D eigenvalue weighted by Crippen LogP contribution is 2.19. The molecule has 1 nitrogen and oxygen atoms in total. The molecule has 0 heterocycles. The normalized spacial score (nSPS) is 11.7. The van der Waals surface area contributed by atoms with Crippen molar-refractivity contribution in [2.24, 2.45) is 0 Å². The zero-order valence-electron chi connectivity index (χ0n) is 43.9. The Balaban J connectivity index is 3.06. The smallest absolute Gasteiger partial charge is 0.0431 e. The maximum atomic E-state index is 8.83. The fourth-order valence-electron chi connectivity index (χ4n) is 10.3. The molecule has 0 rings (SSSR count). The van der Waals surface area contributed by atoms with E-state index < -0.39 is 0 Å². The summed E-state index contributed by atoms with van der Waals surface area (Å²) in [4.78, 5) is 0. The van der Waals surface area contributed by atoms with Crippen molar-refractivity contribution in [3.8, 4) is 0 Å². The van der Waals surface area contributed by atoms with Gasteiger partial charge < -0.3 is 5.11 Å². The molecule has 0 radical (unpaired) electrons. The number of rotatable bonds is 59. The summed E-state index contributed by atoms with van der Waals surface area (Å²) in [5, 5.41) is 8.83. The van der Waals surface area contributed by atoms with Crippen LogP contribution in [0.25, 0.3) is 0 Å². The molecule has 0 aliphatic heterocycles. The van der Waals surface area contributed by atoms with Gasteiger partial charge in [0, 0.05) is 6.61 Å². The van der Waals surface area contributed by atoms with Crippen LogP contribution in [0, 0.1) is 0 Å². The lowest BCUT2D eigenvalue weighted by Crippen LogP contribution is -1.85. The van der Waals surface area contributed by atoms with Crippen LogP contribution in [0.3, 0.4) is 0 Å². The van der Waals surface area contributed by atoms with Crippen LogP contribution in [0.4, 0.5) is 0 Å². The lowest BCUT2D eigenvalue weighted by atomic mass is 10.0. The van der Waals surface area contributed by atoms with E-state index in [2.05, 4.69) is 6.92 Å². The predicted octanol–water partition coefficient (Wildman–Crippen LogP) is 23.0. The van der Waals surface area contributed by atoms with Gasteiger partial charge >= 0.3 is 0 Å². The van der Waals surface area contributed by atoms with E-state index in [1.165, 1.54) is 372 Å². The van der Waals surface area contributed by atoms with Gasteiger partial charge in [-0.25, -0.2) is 0 Å². The van der Waals surface area contributed by atoms with Crippen molar-refractivity contribution in [2.75, 3.05) is 6.61 Å². The molecule has 0 aliphatic rings. The first-order valence-electron chi connectivity index (χ1n) is 30.5. The molecule has 0 aromatic heterocycles. The molecule has 1 N–H and O–H groups in total. The van der Waals surface area contributed by atoms with Crippen molar-refractivity contribution in [1.29, 1.82) is 0 Å². The summed E-state index contributed by atoms with van der Waals surface area (Å²) in [6.45, 7) is 2.69. The Hall–Kier alpha value is -0.0400. The quantitative estimate of drug-likeness (QED) is 0.0604. The Morgan fingerprint density at radius 2 is 0.210 bits per heavy atom. The zero-order valence-corrected chi connectivity index (χ0v) is 43.9. The molecule has 0 aliphatic carbocycles. The van der Waals surface area contributed by atoms with Crippen molar-refractivity contribution in [1.82, 2.24) is 0 Å². The van der Waals surface area contributed by atoms with Gasteiger partial charge in [-0.15, -0.1) is 0 Å². The average molecular weight is 874 g/mol. The summed E-state index contributed by atoms with van der Waals surface area (Å²) < 4.78 is 0. The van der Waals surface area contributed by atoms with Crippen LogP contribution in [0.5, 0.6) is 0 Å². The van der Waals surface area contributed by atoms with Crippen molar-refractivity contribution in [3.63, 3.8) is 0 Å². The fraction of sp³-hybridized carbons (Fsp3) is 1.00. The molecular formula is C61H124O. The summed E-state index contributed by atoms with van der Waals surface area (Å²) in [7, 11) is 0. The SMILES string of the molecule is CCCCCCCCCCCCCCCCCCCCCCCCCCCCCCCCCCCCCCCCCCCCCCCCCCCCCCCCCCCCCO. The Morgan fingerprint density at radius 1 is 0.129 bits per heavy atom. The highest BCUT2D eigenvalue weighted by Gasteiger charge is 2.00. The zero-order chi connectivity index (χ0) is 44.4. The molecule has 0 fully saturated rings. The third-order valence-corrected chi connectivity index (χ3v) is 14.8. The summed E-state index contributed by atoms with van der Waals surface area (Å²) in [6.07, 6.45) is 86.5. The van der Waals surface area contributed by atoms with Crippen LogP contribution < -0.4 is 0 Å². The first kappa shape index (κ1) is 62.0. The molecule has 0 amide bonds. The summed E-state index contributed by atoms with van der Waals surface area (Å²) in [5.41, 5.74) is 0. The van der Waals surface area contributed by atoms with E-state index in [4.69, 9.17) is 5.11 Å². The van der Waals surface area contributed by atoms with Crippen LogP contribution in [-0.4, -0.2) is 11.7 Å². The van der Waals surface area contributed by atoms with Crippen LogP contribution in [0.2, 0.25) is 0 Å². The van der Waals surface area contributed by atoms with Gasteiger partial charge in [0.1, 0.15) is 0 Å². The lowest BCUT2D eigenvalue weighted by molar-refractivity contribution is 0.282. The minimum Gasteiger partial charge on any atom is -0.396 e. The number of hydrogen-bond acceptors (Lipinski definition) is 1. The van der Waals surface area contributed by atoms with Gasteiger partial charge in [-0.05, 0) is 6.42 Å². The molecule has 0 spiro atoms. The minimum atomic E-state index is 0.375. The second-order valence-electron chi connectivity index (χ2n) is 21.2. The molecule has 0 aromatic carbocycles. The van der Waals surface area contributed by atoms with E-state index in [9.17, 15) is 0 Å². The van der Waals surface area contributed by atoms with Gasteiger partial charge in [-0.2, -0.15) is 0 Å². The van der Waals surface area contributed by atoms with Crippen molar-refractivity contribution in [2.45, 2.75) is 386 Å². The van der Waals surface area contributed by atoms with Gasteiger partial charge in [0.15, 0.2) is 0 Å². The van der Waals surface area contributed by atoms with Crippen LogP contribution >= 0.6 is 0 Å². The number of aliphatic hydroxyl groups is 1. The lowest BCUT2D eigenvalue weighted by Gasteiger charge is -2.05. The van der Waals surface area contributed by atoms with E-state index in [0.717, 1.165) is 6.42 Å². The van der Waals surface area contributed by atoms with E-state index in [1.54, 1.807) is 0 Å². The van der Waals surface area contributed by atoms with Gasteiger partial charge in [0.25, 0.3) is 0 Å². The predicted molar refractivity (Wildman–Crippen MR) is 285 cm³/mol. The standard InChI is InChI=1S/C61H124O/c1-2-3-4-5-6-7-8-9-10-11-12-13-14-15-16-17-18-19-20-21-22-23-24-25-26-27-28-29-30-31-32-33-34-35-36-37-38-39-40-41-42-43-44-45-46-47-48-49-50-51-52-53-54-55-56-57-58-59-60-61-62/h62H,2-61H2,1H3. The van der Waals surface area contributed by atoms with Crippen molar-refractivity contribution >= 4 is 0 Å². The van der Waals surface area contributed by atoms with Crippen molar-refractivity contribution < 1.29 is 5.11 Å². The van der Waals surface area contributed by atoms with E-state index in [0.29, 0.717) is 6.61 Å². The topological polar surface area (TPSA) is 20.2 Å². The van der Waals surface area contributed by atoms with Gasteiger partial charge in [-0.3, -0.25) is 0 Å². The Kier molecular flexibility index (Phi) is 60.9. The van der Waals surface area contributed by atoms with E-state index in [-0.39, 0.29) is 0 Å². The molecule has 0 saturated heterocycles. The van der Waals surface area contributed by atoms with Gasteiger partial charge in [0.2, 0.25) is 0 Å². The molecule has 62 heavy (non-hydrogen) atoms. The molecule has 0 unspecified atom stereocenters.